The zero-order chi connectivity index (χ0) is 18.0. The molecule has 0 radical (unpaired) electrons. The fourth-order valence-electron chi connectivity index (χ4n) is 2.60. The van der Waals surface area contributed by atoms with E-state index in [2.05, 4.69) is 10.2 Å². The molecule has 0 saturated heterocycles. The molecule has 126 valence electrons. The van der Waals surface area contributed by atoms with Crippen molar-refractivity contribution in [1.82, 2.24) is 10.2 Å². The quantitative estimate of drug-likeness (QED) is 0.754. The molecule has 3 aromatic rings. The average Bonchev–Trinajstić information content (AvgIpc) is 3.01. The number of H-pyrrole nitrogens is 1. The lowest BCUT2D eigenvalue weighted by Gasteiger charge is -2.09. The first-order valence-electron chi connectivity index (χ1n) is 7.25. The molecule has 0 spiro atoms. The zero-order valence-corrected chi connectivity index (χ0v) is 13.1. The largest absolute Gasteiger partial charge is 0.495 e. The number of nitrogens with zero attached hydrogens (tertiary/aromatic N) is 2. The summed E-state index contributed by atoms with van der Waals surface area (Å²) in [6.07, 6.45) is -1.63. The maximum atomic E-state index is 13.1. The SMILES string of the molecule is COc1c(C#N)ccc2[nH]nc(/C=C/c3ccccc3C(F)(F)F)c12. The van der Waals surface area contributed by atoms with Gasteiger partial charge in [-0.05, 0) is 29.8 Å². The second kappa shape index (κ2) is 6.32. The van der Waals surface area contributed by atoms with Gasteiger partial charge in [-0.3, -0.25) is 5.10 Å². The van der Waals surface area contributed by atoms with E-state index in [4.69, 9.17) is 10.00 Å². The third kappa shape index (κ3) is 3.06. The third-order valence-corrected chi connectivity index (χ3v) is 3.72. The molecular formula is C18H12F3N3O. The molecule has 25 heavy (non-hydrogen) atoms. The molecule has 4 nitrogen and oxygen atoms in total. The van der Waals surface area contributed by atoms with Gasteiger partial charge in [0.05, 0.1) is 34.8 Å². The van der Waals surface area contributed by atoms with Gasteiger partial charge in [-0.15, -0.1) is 0 Å². The topological polar surface area (TPSA) is 61.7 Å². The number of halogens is 3. The fraction of sp³-hybridized carbons (Fsp3) is 0.111. The van der Waals surface area contributed by atoms with Crippen molar-refractivity contribution in [2.45, 2.75) is 6.18 Å². The number of ether oxygens (including phenoxy) is 1. The molecule has 3 rings (SSSR count). The van der Waals surface area contributed by atoms with Crippen molar-refractivity contribution >= 4 is 23.1 Å². The van der Waals surface area contributed by atoms with Crippen LogP contribution in [0.1, 0.15) is 22.4 Å². The molecule has 0 atom stereocenters. The van der Waals surface area contributed by atoms with Crippen molar-refractivity contribution in [2.75, 3.05) is 7.11 Å². The maximum Gasteiger partial charge on any atom is 0.416 e. The van der Waals surface area contributed by atoms with Crippen LogP contribution in [0.4, 0.5) is 13.2 Å². The number of methoxy groups -OCH3 is 1. The van der Waals surface area contributed by atoms with E-state index in [0.717, 1.165) is 6.07 Å². The van der Waals surface area contributed by atoms with Crippen LogP contribution in [0.15, 0.2) is 36.4 Å². The smallest absolute Gasteiger partial charge is 0.416 e. The standard InChI is InChI=1S/C18H12F3N3O/c1-25-17-12(10-22)7-9-15-16(17)14(23-24-15)8-6-11-4-2-3-5-13(11)18(19,20)21/h2-9H,1H3,(H,23,24)/b8-6+. The van der Waals surface area contributed by atoms with Crippen LogP contribution in [0.3, 0.4) is 0 Å². The Kier molecular flexibility index (Phi) is 4.19. The molecule has 0 aliphatic carbocycles. The Balaban J connectivity index is 2.11. The predicted molar refractivity (Wildman–Crippen MR) is 87.7 cm³/mol. The Morgan fingerprint density at radius 1 is 1.16 bits per heavy atom. The van der Waals surface area contributed by atoms with Gasteiger partial charge < -0.3 is 4.74 Å². The molecule has 0 aliphatic rings. The molecule has 0 aliphatic heterocycles. The zero-order valence-electron chi connectivity index (χ0n) is 13.1. The summed E-state index contributed by atoms with van der Waals surface area (Å²) in [5.41, 5.74) is 0.639. The fourth-order valence-corrected chi connectivity index (χ4v) is 2.60. The van der Waals surface area contributed by atoms with Gasteiger partial charge >= 0.3 is 6.18 Å². The van der Waals surface area contributed by atoms with Crippen molar-refractivity contribution < 1.29 is 17.9 Å². The maximum absolute atomic E-state index is 13.1. The van der Waals surface area contributed by atoms with Crippen molar-refractivity contribution in [1.29, 1.82) is 5.26 Å². The number of aromatic amines is 1. The Morgan fingerprint density at radius 2 is 1.92 bits per heavy atom. The summed E-state index contributed by atoms with van der Waals surface area (Å²) >= 11 is 0. The molecule has 0 saturated carbocycles. The first-order valence-corrected chi connectivity index (χ1v) is 7.25. The molecule has 1 aromatic heterocycles. The van der Waals surface area contributed by atoms with Crippen molar-refractivity contribution in [3.05, 3.63) is 58.8 Å². The number of rotatable bonds is 3. The number of hydrogen-bond donors (Lipinski definition) is 1. The summed E-state index contributed by atoms with van der Waals surface area (Å²) in [4.78, 5) is 0. The second-order valence-electron chi connectivity index (χ2n) is 5.21. The van der Waals surface area contributed by atoms with E-state index in [9.17, 15) is 13.2 Å². The normalized spacial score (nSPS) is 11.8. The second-order valence-corrected chi connectivity index (χ2v) is 5.21. The highest BCUT2D eigenvalue weighted by molar-refractivity contribution is 5.95. The Bertz CT molecular complexity index is 997. The van der Waals surface area contributed by atoms with Gasteiger partial charge in [0.15, 0.2) is 0 Å². The highest BCUT2D eigenvalue weighted by Gasteiger charge is 2.32. The Hall–Kier alpha value is -3.27. The van der Waals surface area contributed by atoms with Crippen LogP contribution in [-0.4, -0.2) is 17.3 Å². The Morgan fingerprint density at radius 3 is 2.60 bits per heavy atom. The average molecular weight is 343 g/mol. The molecule has 2 aromatic carbocycles. The van der Waals surface area contributed by atoms with Gasteiger partial charge in [-0.2, -0.15) is 23.5 Å². The lowest BCUT2D eigenvalue weighted by molar-refractivity contribution is -0.137. The van der Waals surface area contributed by atoms with Gasteiger partial charge in [0.2, 0.25) is 0 Å². The van der Waals surface area contributed by atoms with Gasteiger partial charge in [-0.25, -0.2) is 0 Å². The number of alkyl halides is 3. The summed E-state index contributed by atoms with van der Waals surface area (Å²) in [6, 6.07) is 10.6. The van der Waals surface area contributed by atoms with Crippen LogP contribution in [0.5, 0.6) is 5.75 Å². The van der Waals surface area contributed by atoms with Crippen LogP contribution in [0, 0.1) is 11.3 Å². The summed E-state index contributed by atoms with van der Waals surface area (Å²) in [6.45, 7) is 0. The van der Waals surface area contributed by atoms with Crippen molar-refractivity contribution in [2.24, 2.45) is 0 Å². The van der Waals surface area contributed by atoms with Crippen molar-refractivity contribution in [3.8, 4) is 11.8 Å². The highest BCUT2D eigenvalue weighted by atomic mass is 19.4. The van der Waals surface area contributed by atoms with E-state index in [1.807, 2.05) is 6.07 Å². The summed E-state index contributed by atoms with van der Waals surface area (Å²) in [7, 11) is 1.43. The predicted octanol–water partition coefficient (Wildman–Crippen LogP) is 4.63. The van der Waals surface area contributed by atoms with E-state index in [1.165, 1.54) is 37.5 Å². The number of nitriles is 1. The number of fused-ring (bicyclic) bond motifs is 1. The molecule has 0 unspecified atom stereocenters. The molecule has 7 heteroatoms. The minimum absolute atomic E-state index is 0.0292. The minimum atomic E-state index is -4.44. The summed E-state index contributed by atoms with van der Waals surface area (Å²) in [5, 5.41) is 16.6. The third-order valence-electron chi connectivity index (χ3n) is 3.72. The summed E-state index contributed by atoms with van der Waals surface area (Å²) < 4.78 is 44.5. The van der Waals surface area contributed by atoms with E-state index < -0.39 is 11.7 Å². The van der Waals surface area contributed by atoms with E-state index in [0.29, 0.717) is 27.9 Å². The molecular weight excluding hydrogens is 331 g/mol. The van der Waals surface area contributed by atoms with Crippen LogP contribution in [0.2, 0.25) is 0 Å². The molecule has 0 fully saturated rings. The van der Waals surface area contributed by atoms with Gasteiger partial charge in [0.25, 0.3) is 0 Å². The molecule has 1 heterocycles. The summed E-state index contributed by atoms with van der Waals surface area (Å²) in [5.74, 6) is 0.331. The lowest BCUT2D eigenvalue weighted by atomic mass is 10.0. The first kappa shape index (κ1) is 16.6. The van der Waals surface area contributed by atoms with Crippen LogP contribution in [-0.2, 0) is 6.18 Å². The van der Waals surface area contributed by atoms with E-state index in [-0.39, 0.29) is 5.56 Å². The van der Waals surface area contributed by atoms with Crippen LogP contribution in [0.25, 0.3) is 23.1 Å². The van der Waals surface area contributed by atoms with Gasteiger partial charge in [-0.1, -0.05) is 24.3 Å². The Labute approximate surface area is 141 Å². The number of benzene rings is 2. The molecule has 0 amide bonds. The van der Waals surface area contributed by atoms with E-state index >= 15 is 0 Å². The number of aromatic nitrogens is 2. The highest BCUT2D eigenvalue weighted by Crippen LogP contribution is 2.34. The lowest BCUT2D eigenvalue weighted by Crippen LogP contribution is -2.06. The molecule has 1 N–H and O–H groups in total. The minimum Gasteiger partial charge on any atom is -0.495 e. The number of hydrogen-bond acceptors (Lipinski definition) is 3. The first-order chi connectivity index (χ1) is 12.0. The van der Waals surface area contributed by atoms with Crippen LogP contribution < -0.4 is 4.74 Å². The molecule has 0 bridgehead atoms. The monoisotopic (exact) mass is 343 g/mol. The number of nitrogens with one attached hydrogen (secondary N) is 1. The van der Waals surface area contributed by atoms with Crippen LogP contribution >= 0.6 is 0 Å². The van der Waals surface area contributed by atoms with Gasteiger partial charge in [0, 0.05) is 0 Å². The van der Waals surface area contributed by atoms with Gasteiger partial charge in [0.1, 0.15) is 11.8 Å². The van der Waals surface area contributed by atoms with Crippen molar-refractivity contribution in [3.63, 3.8) is 0 Å². The van der Waals surface area contributed by atoms with E-state index in [1.54, 1.807) is 12.1 Å².